The molecule has 0 aromatic heterocycles. The minimum absolute atomic E-state index is 0.194. The fraction of sp³-hybridized carbons (Fsp3) is 0.391. The Balaban J connectivity index is 2.03. The van der Waals surface area contributed by atoms with Crippen LogP contribution in [0.15, 0.2) is 59.5 Å². The van der Waals surface area contributed by atoms with E-state index in [0.717, 1.165) is 31.5 Å². The Kier molecular flexibility index (Phi) is 7.02. The van der Waals surface area contributed by atoms with Crippen LogP contribution in [-0.4, -0.2) is 47.6 Å². The average Bonchev–Trinajstić information content (AvgIpc) is 2.73. The van der Waals surface area contributed by atoms with Crippen LogP contribution >= 0.6 is 0 Å². The summed E-state index contributed by atoms with van der Waals surface area (Å²) in [7, 11) is 0. The topological polar surface area (TPSA) is 117 Å². The van der Waals surface area contributed by atoms with Crippen molar-refractivity contribution >= 4 is 11.9 Å². The zero-order chi connectivity index (χ0) is 22.4. The number of allylic oxidation sites excluding steroid dienone is 3. The van der Waals surface area contributed by atoms with Crippen molar-refractivity contribution in [2.75, 3.05) is 19.7 Å². The summed E-state index contributed by atoms with van der Waals surface area (Å²) in [5, 5.41) is 25.6. The minimum Gasteiger partial charge on any atom is -0.491 e. The molecule has 0 bridgehead atoms. The van der Waals surface area contributed by atoms with Gasteiger partial charge in [0, 0.05) is 24.2 Å². The largest absolute Gasteiger partial charge is 0.491 e. The standard InChI is InChI=1S/C23H28N2O6/c1-15-5-8-18(9-6-15)31-23(19(22(28)29)12-21(26)27)20(10-7-16(2)25-23)30-14-17-4-3-11-24-13-17/h5-10,12,17,24-25H,3-4,11,13-14H2,1-2H3,(H,26,27)(H,28,29)/b19-12-/t17?,23-/m0/s1. The van der Waals surface area contributed by atoms with E-state index in [1.165, 1.54) is 0 Å². The molecule has 0 spiro atoms. The molecule has 8 nitrogen and oxygen atoms in total. The fourth-order valence-electron chi connectivity index (χ4n) is 3.67. The molecule has 0 radical (unpaired) electrons. The van der Waals surface area contributed by atoms with Gasteiger partial charge in [-0.3, -0.25) is 0 Å². The van der Waals surface area contributed by atoms with Gasteiger partial charge >= 0.3 is 11.9 Å². The van der Waals surface area contributed by atoms with Gasteiger partial charge in [-0.05, 0) is 57.5 Å². The van der Waals surface area contributed by atoms with Gasteiger partial charge in [-0.1, -0.05) is 17.7 Å². The molecule has 1 aromatic carbocycles. The zero-order valence-corrected chi connectivity index (χ0v) is 17.7. The van der Waals surface area contributed by atoms with Crippen LogP contribution < -0.4 is 15.4 Å². The summed E-state index contributed by atoms with van der Waals surface area (Å²) in [6.45, 7) is 5.79. The molecule has 1 aromatic rings. The summed E-state index contributed by atoms with van der Waals surface area (Å²) in [5.74, 6) is -1.99. The van der Waals surface area contributed by atoms with Crippen molar-refractivity contribution < 1.29 is 29.3 Å². The number of carboxylic acids is 2. The number of nitrogens with one attached hydrogen (secondary N) is 2. The van der Waals surface area contributed by atoms with Crippen molar-refractivity contribution in [3.8, 4) is 5.75 Å². The van der Waals surface area contributed by atoms with Crippen molar-refractivity contribution in [1.82, 2.24) is 10.6 Å². The Morgan fingerprint density at radius 1 is 1.19 bits per heavy atom. The number of aliphatic carboxylic acids is 2. The molecule has 2 atom stereocenters. The molecule has 2 aliphatic heterocycles. The van der Waals surface area contributed by atoms with E-state index < -0.39 is 23.2 Å². The van der Waals surface area contributed by atoms with Crippen LogP contribution in [0.5, 0.6) is 5.75 Å². The molecule has 1 fully saturated rings. The maximum atomic E-state index is 12.2. The number of dihydropyridines is 1. The molecule has 31 heavy (non-hydrogen) atoms. The molecule has 2 heterocycles. The minimum atomic E-state index is -1.83. The van der Waals surface area contributed by atoms with E-state index in [9.17, 15) is 19.8 Å². The molecule has 8 heteroatoms. The average molecular weight is 428 g/mol. The zero-order valence-electron chi connectivity index (χ0n) is 17.7. The highest BCUT2D eigenvalue weighted by atomic mass is 16.6. The lowest BCUT2D eigenvalue weighted by atomic mass is 9.95. The number of rotatable bonds is 8. The number of hydrogen-bond acceptors (Lipinski definition) is 6. The van der Waals surface area contributed by atoms with E-state index in [1.807, 2.05) is 19.1 Å². The maximum Gasteiger partial charge on any atom is 0.338 e. The second-order valence-electron chi connectivity index (χ2n) is 7.83. The number of carboxylic acid groups (broad SMARTS) is 2. The number of ether oxygens (including phenoxy) is 2. The molecule has 166 valence electrons. The molecule has 0 aliphatic carbocycles. The molecule has 0 saturated carbocycles. The molecule has 0 amide bonds. The third-order valence-corrected chi connectivity index (χ3v) is 5.25. The van der Waals surface area contributed by atoms with E-state index in [1.54, 1.807) is 31.2 Å². The highest BCUT2D eigenvalue weighted by Crippen LogP contribution is 2.35. The van der Waals surface area contributed by atoms with Gasteiger partial charge in [-0.25, -0.2) is 9.59 Å². The number of benzene rings is 1. The predicted molar refractivity (Wildman–Crippen MR) is 114 cm³/mol. The fourth-order valence-corrected chi connectivity index (χ4v) is 3.67. The Hall–Kier alpha value is -3.26. The summed E-state index contributed by atoms with van der Waals surface area (Å²) in [4.78, 5) is 23.7. The van der Waals surface area contributed by atoms with E-state index in [0.29, 0.717) is 24.1 Å². The van der Waals surface area contributed by atoms with Crippen LogP contribution in [0.2, 0.25) is 0 Å². The summed E-state index contributed by atoms with van der Waals surface area (Å²) in [6, 6.07) is 7.06. The lowest BCUT2D eigenvalue weighted by Gasteiger charge is -2.40. The van der Waals surface area contributed by atoms with Crippen molar-refractivity contribution in [3.05, 3.63) is 65.1 Å². The van der Waals surface area contributed by atoms with Gasteiger partial charge in [0.1, 0.15) is 11.3 Å². The third kappa shape index (κ3) is 5.46. The lowest BCUT2D eigenvalue weighted by Crippen LogP contribution is -2.56. The highest BCUT2D eigenvalue weighted by Gasteiger charge is 2.48. The number of hydrogen-bond donors (Lipinski definition) is 4. The van der Waals surface area contributed by atoms with E-state index in [-0.39, 0.29) is 11.7 Å². The number of piperidine rings is 1. The summed E-state index contributed by atoms with van der Waals surface area (Å²) in [6.07, 6.45) is 6.04. The van der Waals surface area contributed by atoms with Crippen LogP contribution in [0.4, 0.5) is 0 Å². The van der Waals surface area contributed by atoms with Crippen molar-refractivity contribution in [1.29, 1.82) is 0 Å². The van der Waals surface area contributed by atoms with Gasteiger partial charge < -0.3 is 30.3 Å². The Morgan fingerprint density at radius 3 is 2.55 bits per heavy atom. The normalized spacial score (nSPS) is 23.8. The Labute approximate surface area is 181 Å². The first-order valence-electron chi connectivity index (χ1n) is 10.2. The Bertz CT molecular complexity index is 912. The number of aryl methyl sites for hydroxylation is 1. The van der Waals surface area contributed by atoms with Gasteiger partial charge in [0.15, 0.2) is 5.76 Å². The number of carbonyl (C=O) groups is 2. The maximum absolute atomic E-state index is 12.2. The van der Waals surface area contributed by atoms with Gasteiger partial charge in [-0.2, -0.15) is 0 Å². The molecular weight excluding hydrogens is 400 g/mol. The van der Waals surface area contributed by atoms with E-state index in [2.05, 4.69) is 10.6 Å². The Morgan fingerprint density at radius 2 is 1.94 bits per heavy atom. The smallest absolute Gasteiger partial charge is 0.338 e. The van der Waals surface area contributed by atoms with Crippen LogP contribution in [0.25, 0.3) is 0 Å². The molecular formula is C23H28N2O6. The van der Waals surface area contributed by atoms with Gasteiger partial charge in [-0.15, -0.1) is 0 Å². The lowest BCUT2D eigenvalue weighted by molar-refractivity contribution is -0.137. The summed E-state index contributed by atoms with van der Waals surface area (Å²) in [5.41, 5.74) is -0.705. The van der Waals surface area contributed by atoms with Crippen LogP contribution in [0.1, 0.15) is 25.3 Å². The third-order valence-electron chi connectivity index (χ3n) is 5.25. The molecule has 2 aliphatic rings. The van der Waals surface area contributed by atoms with E-state index >= 15 is 0 Å². The van der Waals surface area contributed by atoms with E-state index in [4.69, 9.17) is 9.47 Å². The molecule has 1 unspecified atom stereocenters. The molecule has 1 saturated heterocycles. The molecule has 4 N–H and O–H groups in total. The summed E-state index contributed by atoms with van der Waals surface area (Å²) < 4.78 is 12.3. The highest BCUT2D eigenvalue weighted by molar-refractivity contribution is 5.97. The van der Waals surface area contributed by atoms with Gasteiger partial charge in [0.2, 0.25) is 0 Å². The van der Waals surface area contributed by atoms with Crippen LogP contribution in [0.3, 0.4) is 0 Å². The van der Waals surface area contributed by atoms with Crippen LogP contribution in [0, 0.1) is 12.8 Å². The van der Waals surface area contributed by atoms with Gasteiger partial charge in [0.05, 0.1) is 6.61 Å². The van der Waals surface area contributed by atoms with Gasteiger partial charge in [0.25, 0.3) is 5.72 Å². The van der Waals surface area contributed by atoms with Crippen LogP contribution in [-0.2, 0) is 14.3 Å². The van der Waals surface area contributed by atoms with Crippen molar-refractivity contribution in [2.24, 2.45) is 5.92 Å². The first kappa shape index (κ1) is 22.4. The van der Waals surface area contributed by atoms with Crippen molar-refractivity contribution in [3.63, 3.8) is 0 Å². The van der Waals surface area contributed by atoms with Crippen molar-refractivity contribution in [2.45, 2.75) is 32.4 Å². The first-order chi connectivity index (χ1) is 14.8. The summed E-state index contributed by atoms with van der Waals surface area (Å²) >= 11 is 0. The second-order valence-corrected chi connectivity index (χ2v) is 7.83. The second kappa shape index (κ2) is 9.70. The monoisotopic (exact) mass is 428 g/mol. The quantitative estimate of drug-likeness (QED) is 0.467. The predicted octanol–water partition coefficient (Wildman–Crippen LogP) is 2.57. The molecule has 3 rings (SSSR count). The first-order valence-corrected chi connectivity index (χ1v) is 10.2. The SMILES string of the molecule is CC1=CC=C(OCC2CCCNC2)[C@@](Oc2ccc(C)cc2)(/C(=C\C(=O)O)C(=O)O)N1.